The molecule has 3 aromatic carbocycles. The van der Waals surface area contributed by atoms with Crippen molar-refractivity contribution in [2.75, 3.05) is 20.3 Å². The van der Waals surface area contributed by atoms with Crippen LogP contribution in [0.2, 0.25) is 0 Å². The van der Waals surface area contributed by atoms with Gasteiger partial charge in [0, 0.05) is 19.5 Å². The van der Waals surface area contributed by atoms with Gasteiger partial charge >= 0.3 is 0 Å². The topological polar surface area (TPSA) is 65.4 Å². The summed E-state index contributed by atoms with van der Waals surface area (Å²) in [6.45, 7) is 6.19. The van der Waals surface area contributed by atoms with Crippen molar-refractivity contribution in [2.45, 2.75) is 39.7 Å². The van der Waals surface area contributed by atoms with Crippen molar-refractivity contribution in [3.63, 3.8) is 0 Å². The summed E-state index contributed by atoms with van der Waals surface area (Å²) in [5.41, 5.74) is 5.00. The fourth-order valence-electron chi connectivity index (χ4n) is 4.20. The van der Waals surface area contributed by atoms with Crippen LogP contribution in [0.4, 0.5) is 0 Å². The first-order valence-electron chi connectivity index (χ1n) is 12.1. The number of benzene rings is 3. The molecule has 0 radical (unpaired) electrons. The molecule has 1 heterocycles. The Kier molecular flexibility index (Phi) is 8.03. The van der Waals surface area contributed by atoms with E-state index in [2.05, 4.69) is 48.0 Å². The van der Waals surface area contributed by atoms with E-state index >= 15 is 0 Å². The average Bonchev–Trinajstić information content (AvgIpc) is 3.23. The molecule has 0 fully saturated rings. The van der Waals surface area contributed by atoms with Crippen molar-refractivity contribution < 1.29 is 14.3 Å². The molecule has 35 heavy (non-hydrogen) atoms. The number of amides is 1. The molecule has 182 valence electrons. The number of imidazole rings is 1. The molecule has 6 heteroatoms. The van der Waals surface area contributed by atoms with E-state index in [1.807, 2.05) is 30.3 Å². The molecule has 0 saturated carbocycles. The molecule has 4 rings (SSSR count). The second-order valence-electron chi connectivity index (χ2n) is 8.70. The summed E-state index contributed by atoms with van der Waals surface area (Å²) >= 11 is 0. The van der Waals surface area contributed by atoms with Crippen LogP contribution in [0, 0.1) is 13.8 Å². The van der Waals surface area contributed by atoms with Gasteiger partial charge < -0.3 is 19.4 Å². The first kappa shape index (κ1) is 24.3. The van der Waals surface area contributed by atoms with Gasteiger partial charge in [0.1, 0.15) is 17.3 Å². The lowest BCUT2D eigenvalue weighted by Gasteiger charge is -2.12. The van der Waals surface area contributed by atoms with Gasteiger partial charge in [-0.1, -0.05) is 36.4 Å². The Morgan fingerprint density at radius 2 is 1.77 bits per heavy atom. The zero-order chi connectivity index (χ0) is 24.6. The van der Waals surface area contributed by atoms with Gasteiger partial charge in [-0.15, -0.1) is 0 Å². The number of carbonyl (C=O) groups excluding carboxylic acids is 1. The summed E-state index contributed by atoms with van der Waals surface area (Å²) in [4.78, 5) is 17.5. The third-order valence-electron chi connectivity index (χ3n) is 6.10. The van der Waals surface area contributed by atoms with E-state index in [9.17, 15) is 4.79 Å². The lowest BCUT2D eigenvalue weighted by Crippen LogP contribution is -2.27. The number of aromatic nitrogens is 2. The van der Waals surface area contributed by atoms with Crippen molar-refractivity contribution in [1.29, 1.82) is 0 Å². The van der Waals surface area contributed by atoms with Crippen LogP contribution in [0.1, 0.15) is 40.2 Å². The fraction of sp³-hybridized carbons (Fsp3) is 0.310. The van der Waals surface area contributed by atoms with Crippen LogP contribution in [-0.4, -0.2) is 35.7 Å². The Bertz CT molecular complexity index is 1300. The van der Waals surface area contributed by atoms with Crippen LogP contribution in [0.15, 0.2) is 66.7 Å². The van der Waals surface area contributed by atoms with Gasteiger partial charge in [0.25, 0.3) is 5.91 Å². The van der Waals surface area contributed by atoms with E-state index < -0.39 is 0 Å². The zero-order valence-electron chi connectivity index (χ0n) is 20.7. The molecule has 0 unspecified atom stereocenters. The maximum absolute atomic E-state index is 12.6. The summed E-state index contributed by atoms with van der Waals surface area (Å²) in [6, 6.07) is 21.7. The maximum atomic E-state index is 12.6. The van der Waals surface area contributed by atoms with Crippen molar-refractivity contribution >= 4 is 16.9 Å². The lowest BCUT2D eigenvalue weighted by molar-refractivity contribution is 0.0951. The van der Waals surface area contributed by atoms with E-state index in [1.165, 1.54) is 5.56 Å². The van der Waals surface area contributed by atoms with Crippen LogP contribution in [0.3, 0.4) is 0 Å². The molecular formula is C29H33N3O3. The number of carbonyl (C=O) groups is 1. The van der Waals surface area contributed by atoms with E-state index in [-0.39, 0.29) is 5.91 Å². The number of nitrogens with one attached hydrogen (secondary N) is 1. The van der Waals surface area contributed by atoms with E-state index in [0.717, 1.165) is 47.6 Å². The predicted molar refractivity (Wildman–Crippen MR) is 139 cm³/mol. The highest BCUT2D eigenvalue weighted by atomic mass is 16.5. The molecule has 0 spiro atoms. The van der Waals surface area contributed by atoms with Gasteiger partial charge in [-0.3, -0.25) is 4.79 Å². The lowest BCUT2D eigenvalue weighted by atomic mass is 10.1. The number of rotatable bonds is 11. The Balaban J connectivity index is 1.35. The zero-order valence-corrected chi connectivity index (χ0v) is 20.7. The normalized spacial score (nSPS) is 10.9. The number of hydrogen-bond donors (Lipinski definition) is 1. The summed E-state index contributed by atoms with van der Waals surface area (Å²) in [6.07, 6.45) is 2.57. The third kappa shape index (κ3) is 6.01. The number of fused-ring (bicyclic) bond motifs is 1. The highest BCUT2D eigenvalue weighted by Gasteiger charge is 2.13. The molecule has 0 bridgehead atoms. The summed E-state index contributed by atoms with van der Waals surface area (Å²) < 4.78 is 13.6. The molecule has 0 atom stereocenters. The Labute approximate surface area is 206 Å². The largest absolute Gasteiger partial charge is 0.496 e. The standard InChI is InChI=1S/C29H33N3O3/c1-21-14-15-22(2)27(20-21)35-19-9-8-18-32-25-12-6-5-11-24(25)31-28(32)16-17-30-29(33)23-10-4-7-13-26(23)34-3/h4-7,10-15,20H,8-9,16-19H2,1-3H3,(H,30,33). The minimum Gasteiger partial charge on any atom is -0.496 e. The number of nitrogens with zero attached hydrogens (tertiary/aromatic N) is 2. The monoisotopic (exact) mass is 471 g/mol. The fourth-order valence-corrected chi connectivity index (χ4v) is 4.20. The predicted octanol–water partition coefficient (Wildman–Crippen LogP) is 5.49. The maximum Gasteiger partial charge on any atom is 0.255 e. The quantitative estimate of drug-likeness (QED) is 0.294. The third-order valence-corrected chi connectivity index (χ3v) is 6.10. The Morgan fingerprint density at radius 3 is 2.63 bits per heavy atom. The summed E-state index contributed by atoms with van der Waals surface area (Å²) in [5, 5.41) is 3.01. The second-order valence-corrected chi connectivity index (χ2v) is 8.70. The minimum absolute atomic E-state index is 0.145. The number of ether oxygens (including phenoxy) is 2. The van der Waals surface area contributed by atoms with Crippen LogP contribution in [-0.2, 0) is 13.0 Å². The first-order valence-corrected chi connectivity index (χ1v) is 12.1. The van der Waals surface area contributed by atoms with Gasteiger partial charge in [0.15, 0.2) is 0 Å². The molecule has 0 saturated heterocycles. The number of methoxy groups -OCH3 is 1. The number of para-hydroxylation sites is 3. The highest BCUT2D eigenvalue weighted by molar-refractivity contribution is 5.96. The van der Waals surface area contributed by atoms with Crippen LogP contribution in [0.5, 0.6) is 11.5 Å². The number of unbranched alkanes of at least 4 members (excludes halogenated alkanes) is 1. The van der Waals surface area contributed by atoms with E-state index in [0.29, 0.717) is 30.9 Å². The average molecular weight is 472 g/mol. The molecule has 1 aromatic heterocycles. The highest BCUT2D eigenvalue weighted by Crippen LogP contribution is 2.21. The van der Waals surface area contributed by atoms with Crippen LogP contribution < -0.4 is 14.8 Å². The number of hydrogen-bond acceptors (Lipinski definition) is 4. The van der Waals surface area contributed by atoms with Gasteiger partial charge in [-0.2, -0.15) is 0 Å². The first-order chi connectivity index (χ1) is 17.1. The van der Waals surface area contributed by atoms with Crippen molar-refractivity contribution in [3.8, 4) is 11.5 Å². The van der Waals surface area contributed by atoms with Crippen LogP contribution in [0.25, 0.3) is 11.0 Å². The van der Waals surface area contributed by atoms with Crippen molar-refractivity contribution in [1.82, 2.24) is 14.9 Å². The molecular weight excluding hydrogens is 438 g/mol. The van der Waals surface area contributed by atoms with E-state index in [4.69, 9.17) is 14.5 Å². The molecule has 1 N–H and O–H groups in total. The SMILES string of the molecule is COc1ccccc1C(=O)NCCc1nc2ccccc2n1CCCCOc1cc(C)ccc1C. The molecule has 1 amide bonds. The summed E-state index contributed by atoms with van der Waals surface area (Å²) in [5.74, 6) is 2.36. The molecule has 0 aliphatic heterocycles. The summed E-state index contributed by atoms with van der Waals surface area (Å²) in [7, 11) is 1.57. The van der Waals surface area contributed by atoms with E-state index in [1.54, 1.807) is 19.2 Å². The number of aryl methyl sites for hydroxylation is 3. The molecule has 6 nitrogen and oxygen atoms in total. The van der Waals surface area contributed by atoms with Crippen molar-refractivity contribution in [3.05, 3.63) is 89.2 Å². The van der Waals surface area contributed by atoms with Crippen molar-refractivity contribution in [2.24, 2.45) is 0 Å². The minimum atomic E-state index is -0.145. The van der Waals surface area contributed by atoms with Gasteiger partial charge in [-0.05, 0) is 68.1 Å². The second kappa shape index (κ2) is 11.6. The van der Waals surface area contributed by atoms with Gasteiger partial charge in [-0.25, -0.2) is 4.98 Å². The Morgan fingerprint density at radius 1 is 0.971 bits per heavy atom. The Hall–Kier alpha value is -3.80. The van der Waals surface area contributed by atoms with Crippen LogP contribution >= 0.6 is 0 Å². The molecule has 4 aromatic rings. The smallest absolute Gasteiger partial charge is 0.255 e. The van der Waals surface area contributed by atoms with Gasteiger partial charge in [0.05, 0.1) is 30.3 Å². The molecule has 0 aliphatic rings. The van der Waals surface area contributed by atoms with Gasteiger partial charge in [0.2, 0.25) is 0 Å². The molecule has 0 aliphatic carbocycles.